The number of carbonyl (C=O) groups is 1. The van der Waals surface area contributed by atoms with Crippen LogP contribution in [0.5, 0.6) is 0 Å². The third-order valence-corrected chi connectivity index (χ3v) is 5.86. The number of carbonyl (C=O) groups excluding carboxylic acids is 1. The number of hydrogen-bond donors (Lipinski definition) is 1. The third-order valence-electron chi connectivity index (χ3n) is 5.86. The quantitative estimate of drug-likeness (QED) is 0.698. The van der Waals surface area contributed by atoms with Crippen LogP contribution in [0.2, 0.25) is 0 Å². The number of amides is 1. The van der Waals surface area contributed by atoms with E-state index in [0.717, 1.165) is 11.3 Å². The van der Waals surface area contributed by atoms with Crippen LogP contribution < -0.4 is 5.56 Å². The predicted molar refractivity (Wildman–Crippen MR) is 122 cm³/mol. The number of fused-ring (bicyclic) bond motifs is 1. The van der Waals surface area contributed by atoms with Crippen molar-refractivity contribution < 1.29 is 4.79 Å². The van der Waals surface area contributed by atoms with Crippen LogP contribution in [-0.4, -0.2) is 27.3 Å². The van der Waals surface area contributed by atoms with E-state index in [9.17, 15) is 9.59 Å². The molecule has 0 atom stereocenters. The van der Waals surface area contributed by atoms with Crippen LogP contribution in [0.1, 0.15) is 64.9 Å². The number of hydrogen-bond acceptors (Lipinski definition) is 3. The third kappa shape index (κ3) is 4.61. The van der Waals surface area contributed by atoms with Gasteiger partial charge in [0.2, 0.25) is 0 Å². The smallest absolute Gasteiger partial charge is 0.256 e. The maximum Gasteiger partial charge on any atom is 0.256 e. The number of aromatic amines is 1. The first-order chi connectivity index (χ1) is 14.7. The van der Waals surface area contributed by atoms with Gasteiger partial charge in [0, 0.05) is 24.9 Å². The largest absolute Gasteiger partial charge is 0.334 e. The van der Waals surface area contributed by atoms with Gasteiger partial charge in [-0.05, 0) is 35.6 Å². The molecule has 0 unspecified atom stereocenters. The molecular formula is C26H29N3O2. The molecule has 0 saturated carbocycles. The molecule has 1 aliphatic heterocycles. The lowest BCUT2D eigenvalue weighted by molar-refractivity contribution is 0.0732. The molecule has 2 aromatic carbocycles. The number of rotatable bonds is 3. The summed E-state index contributed by atoms with van der Waals surface area (Å²) >= 11 is 0. The lowest BCUT2D eigenvalue weighted by Crippen LogP contribution is -2.39. The first-order valence-electron chi connectivity index (χ1n) is 10.8. The zero-order valence-electron chi connectivity index (χ0n) is 18.7. The highest BCUT2D eigenvalue weighted by atomic mass is 16.2. The van der Waals surface area contributed by atoms with E-state index in [-0.39, 0.29) is 16.9 Å². The summed E-state index contributed by atoms with van der Waals surface area (Å²) in [6, 6.07) is 16.0. The van der Waals surface area contributed by atoms with Gasteiger partial charge in [0.15, 0.2) is 0 Å². The predicted octanol–water partition coefficient (Wildman–Crippen LogP) is 4.17. The molecule has 0 spiro atoms. The van der Waals surface area contributed by atoms with Crippen molar-refractivity contribution in [3.8, 4) is 0 Å². The van der Waals surface area contributed by atoms with Gasteiger partial charge in [0.25, 0.3) is 11.5 Å². The topological polar surface area (TPSA) is 66.1 Å². The second-order valence-electron chi connectivity index (χ2n) is 9.41. The summed E-state index contributed by atoms with van der Waals surface area (Å²) in [4.78, 5) is 35.2. The number of nitrogens with zero attached hydrogens (tertiary/aromatic N) is 2. The van der Waals surface area contributed by atoms with Crippen molar-refractivity contribution >= 4 is 5.91 Å². The number of benzene rings is 2. The average molecular weight is 416 g/mol. The van der Waals surface area contributed by atoms with Crippen molar-refractivity contribution in [3.63, 3.8) is 0 Å². The fourth-order valence-corrected chi connectivity index (χ4v) is 4.04. The number of aryl methyl sites for hydroxylation is 1. The van der Waals surface area contributed by atoms with E-state index in [1.54, 1.807) is 4.90 Å². The van der Waals surface area contributed by atoms with E-state index in [4.69, 9.17) is 4.98 Å². The maximum atomic E-state index is 13.0. The summed E-state index contributed by atoms with van der Waals surface area (Å²) in [6.45, 7) is 9.36. The van der Waals surface area contributed by atoms with Gasteiger partial charge in [0.1, 0.15) is 5.82 Å². The Morgan fingerprint density at radius 1 is 1.13 bits per heavy atom. The average Bonchev–Trinajstić information content (AvgIpc) is 2.72. The fraction of sp³-hybridized carbons (Fsp3) is 0.346. The lowest BCUT2D eigenvalue weighted by atomic mass is 9.86. The van der Waals surface area contributed by atoms with E-state index < -0.39 is 0 Å². The second kappa shape index (κ2) is 8.14. The van der Waals surface area contributed by atoms with E-state index in [1.807, 2.05) is 36.4 Å². The van der Waals surface area contributed by atoms with Crippen LogP contribution in [-0.2, 0) is 24.8 Å². The monoisotopic (exact) mass is 415 g/mol. The summed E-state index contributed by atoms with van der Waals surface area (Å²) in [5, 5.41) is 0. The van der Waals surface area contributed by atoms with E-state index in [0.29, 0.717) is 42.9 Å². The summed E-state index contributed by atoms with van der Waals surface area (Å²) in [6.07, 6.45) is 1.18. The Kier molecular flexibility index (Phi) is 5.52. The van der Waals surface area contributed by atoms with E-state index >= 15 is 0 Å². The lowest BCUT2D eigenvalue weighted by Gasteiger charge is -2.28. The van der Waals surface area contributed by atoms with Gasteiger partial charge in [-0.15, -0.1) is 0 Å². The maximum absolute atomic E-state index is 13.0. The Morgan fingerprint density at radius 2 is 1.87 bits per heavy atom. The Morgan fingerprint density at radius 3 is 2.55 bits per heavy atom. The van der Waals surface area contributed by atoms with Gasteiger partial charge in [-0.3, -0.25) is 9.59 Å². The molecule has 1 aliphatic rings. The summed E-state index contributed by atoms with van der Waals surface area (Å²) in [7, 11) is 0. The van der Waals surface area contributed by atoms with Crippen molar-refractivity contribution in [1.29, 1.82) is 0 Å². The van der Waals surface area contributed by atoms with Crippen molar-refractivity contribution in [2.45, 2.75) is 52.5 Å². The first-order valence-corrected chi connectivity index (χ1v) is 10.8. The normalized spacial score (nSPS) is 13.7. The van der Waals surface area contributed by atoms with Gasteiger partial charge in [0.05, 0.1) is 17.8 Å². The van der Waals surface area contributed by atoms with E-state index in [1.165, 1.54) is 11.1 Å². The van der Waals surface area contributed by atoms with Crippen molar-refractivity contribution in [2.75, 3.05) is 6.54 Å². The first kappa shape index (κ1) is 21.0. The molecule has 3 aromatic rings. The molecule has 4 rings (SSSR count). The highest BCUT2D eigenvalue weighted by Gasteiger charge is 2.25. The minimum Gasteiger partial charge on any atom is -0.334 e. The molecule has 1 aromatic heterocycles. The van der Waals surface area contributed by atoms with Gasteiger partial charge < -0.3 is 9.88 Å². The zero-order chi connectivity index (χ0) is 22.2. The van der Waals surface area contributed by atoms with Crippen LogP contribution in [0.4, 0.5) is 0 Å². The zero-order valence-corrected chi connectivity index (χ0v) is 18.7. The molecule has 0 aliphatic carbocycles. The Hall–Kier alpha value is -3.21. The minimum atomic E-state index is -0.145. The van der Waals surface area contributed by atoms with Crippen molar-refractivity contribution in [2.24, 2.45) is 0 Å². The van der Waals surface area contributed by atoms with Gasteiger partial charge in [-0.1, -0.05) is 62.7 Å². The Balaban J connectivity index is 1.52. The van der Waals surface area contributed by atoms with Gasteiger partial charge >= 0.3 is 0 Å². The van der Waals surface area contributed by atoms with Crippen molar-refractivity contribution in [3.05, 3.63) is 98.2 Å². The second-order valence-corrected chi connectivity index (χ2v) is 9.41. The van der Waals surface area contributed by atoms with E-state index in [2.05, 4.69) is 44.8 Å². The highest BCUT2D eigenvalue weighted by Crippen LogP contribution is 2.23. The highest BCUT2D eigenvalue weighted by molar-refractivity contribution is 5.94. The van der Waals surface area contributed by atoms with Crippen molar-refractivity contribution in [1.82, 2.24) is 14.9 Å². The molecular weight excluding hydrogens is 386 g/mol. The Bertz CT molecular complexity index is 1170. The standard InChI is InChI=1S/C26H29N3O2/c1-17-6-5-7-18(14-17)15-23-27-22-12-13-29(16-21(22)24(30)28-23)25(31)19-8-10-20(11-9-19)26(2,3)4/h5-11,14H,12-13,15-16H2,1-4H3,(H,27,28,30). The van der Waals surface area contributed by atoms with Crippen LogP contribution in [0.25, 0.3) is 0 Å². The minimum absolute atomic E-state index is 0.0424. The molecule has 0 bridgehead atoms. The molecule has 0 saturated heterocycles. The number of nitrogens with one attached hydrogen (secondary N) is 1. The molecule has 5 nitrogen and oxygen atoms in total. The molecule has 2 heterocycles. The molecule has 160 valence electrons. The summed E-state index contributed by atoms with van der Waals surface area (Å²) in [5.74, 6) is 0.626. The number of H-pyrrole nitrogens is 1. The molecule has 5 heteroatoms. The molecule has 1 N–H and O–H groups in total. The van der Waals surface area contributed by atoms with Gasteiger partial charge in [-0.25, -0.2) is 4.98 Å². The van der Waals surface area contributed by atoms with Crippen LogP contribution in [0.3, 0.4) is 0 Å². The summed E-state index contributed by atoms with van der Waals surface area (Å²) in [5.41, 5.74) is 5.44. The van der Waals surface area contributed by atoms with Gasteiger partial charge in [-0.2, -0.15) is 0 Å². The molecule has 0 fully saturated rings. The van der Waals surface area contributed by atoms with Crippen LogP contribution in [0, 0.1) is 6.92 Å². The van der Waals surface area contributed by atoms with Crippen LogP contribution >= 0.6 is 0 Å². The SMILES string of the molecule is Cc1cccc(Cc2nc3c(c(=O)[nH]2)CN(C(=O)c2ccc(C(C)(C)C)cc2)CC3)c1. The fourth-order valence-electron chi connectivity index (χ4n) is 4.04. The molecule has 1 amide bonds. The number of aromatic nitrogens is 2. The molecule has 0 radical (unpaired) electrons. The Labute approximate surface area is 183 Å². The van der Waals surface area contributed by atoms with Crippen LogP contribution in [0.15, 0.2) is 53.3 Å². The molecule has 31 heavy (non-hydrogen) atoms. The summed E-state index contributed by atoms with van der Waals surface area (Å²) < 4.78 is 0.